The van der Waals surface area contributed by atoms with Gasteiger partial charge in [0.05, 0.1) is 0 Å². The van der Waals surface area contributed by atoms with Crippen molar-refractivity contribution >= 4 is 17.5 Å². The molecule has 0 radical (unpaired) electrons. The summed E-state index contributed by atoms with van der Waals surface area (Å²) in [7, 11) is 0. The highest BCUT2D eigenvalue weighted by atomic mass is 35.5. The lowest BCUT2D eigenvalue weighted by Gasteiger charge is -2.34. The van der Waals surface area contributed by atoms with Crippen molar-refractivity contribution in [2.24, 2.45) is 0 Å². The molecular weight excluding hydrogens is 416 g/mol. The van der Waals surface area contributed by atoms with Crippen LogP contribution < -0.4 is 14.8 Å². The fourth-order valence-corrected chi connectivity index (χ4v) is 3.78. The van der Waals surface area contributed by atoms with Gasteiger partial charge in [0.25, 0.3) is 5.91 Å². The first-order valence-electron chi connectivity index (χ1n) is 10.1. The van der Waals surface area contributed by atoms with Gasteiger partial charge in [-0.3, -0.25) is 9.69 Å². The minimum Gasteiger partial charge on any atom is -0.454 e. The Hall–Kier alpha value is -3.21. The van der Waals surface area contributed by atoms with Gasteiger partial charge in [-0.05, 0) is 29.3 Å². The predicted octanol–water partition coefficient (Wildman–Crippen LogP) is 2.91. The fraction of sp³-hybridized carbons (Fsp3) is 0.304. The normalized spacial score (nSPS) is 16.1. The summed E-state index contributed by atoms with van der Waals surface area (Å²) < 4.78 is 10.8. The number of halogens is 1. The molecule has 160 valence electrons. The van der Waals surface area contributed by atoms with Gasteiger partial charge in [0.15, 0.2) is 11.5 Å². The number of ether oxygens (including phenoxy) is 2. The van der Waals surface area contributed by atoms with Crippen molar-refractivity contribution in [3.8, 4) is 17.6 Å². The maximum Gasteiger partial charge on any atom is 0.263 e. The monoisotopic (exact) mass is 438 g/mol. The number of nitrogens with one attached hydrogen (secondary N) is 1. The van der Waals surface area contributed by atoms with Crippen LogP contribution in [0, 0.1) is 11.3 Å². The molecule has 0 spiro atoms. The Morgan fingerprint density at radius 1 is 1.13 bits per heavy atom. The lowest BCUT2D eigenvalue weighted by Crippen LogP contribution is -2.44. The molecule has 1 amide bonds. The standard InChI is InChI=1S/C23H23ClN4O3/c24-20-4-2-1-3-18(20)13-26-23(29)19(12-25)15-28-9-7-27(8-10-28)14-17-5-6-21-22(11-17)31-16-30-21/h1-6,11,15H,7-10,13-14,16H2,(H,26,29)/b19-15-. The van der Waals surface area contributed by atoms with E-state index < -0.39 is 5.91 Å². The number of nitriles is 1. The molecule has 1 fully saturated rings. The molecule has 2 aromatic carbocycles. The second kappa shape index (κ2) is 9.73. The quantitative estimate of drug-likeness (QED) is 0.552. The molecule has 31 heavy (non-hydrogen) atoms. The number of carbonyl (C=O) groups excluding carboxylic acids is 1. The van der Waals surface area contributed by atoms with Gasteiger partial charge in [0.2, 0.25) is 6.79 Å². The smallest absolute Gasteiger partial charge is 0.263 e. The number of nitrogens with zero attached hydrogens (tertiary/aromatic N) is 3. The summed E-state index contributed by atoms with van der Waals surface area (Å²) >= 11 is 6.12. The molecule has 2 aromatic rings. The average Bonchev–Trinajstić information content (AvgIpc) is 3.26. The molecule has 7 nitrogen and oxygen atoms in total. The first-order valence-corrected chi connectivity index (χ1v) is 10.5. The highest BCUT2D eigenvalue weighted by molar-refractivity contribution is 6.31. The van der Waals surface area contributed by atoms with Crippen molar-refractivity contribution < 1.29 is 14.3 Å². The number of hydrogen-bond acceptors (Lipinski definition) is 6. The number of carbonyl (C=O) groups is 1. The molecule has 2 heterocycles. The Balaban J connectivity index is 1.28. The summed E-state index contributed by atoms with van der Waals surface area (Å²) in [4.78, 5) is 16.8. The minimum absolute atomic E-state index is 0.0938. The molecule has 0 atom stereocenters. The van der Waals surface area contributed by atoms with Crippen LogP contribution in [0.1, 0.15) is 11.1 Å². The Kier molecular flexibility index (Phi) is 6.60. The molecule has 2 aliphatic heterocycles. The molecule has 2 aliphatic rings. The van der Waals surface area contributed by atoms with Gasteiger partial charge in [-0.15, -0.1) is 0 Å². The molecule has 0 saturated carbocycles. The van der Waals surface area contributed by atoms with E-state index >= 15 is 0 Å². The van der Waals surface area contributed by atoms with Crippen LogP contribution in [0.15, 0.2) is 54.2 Å². The molecule has 1 saturated heterocycles. The second-order valence-corrected chi connectivity index (χ2v) is 7.84. The van der Waals surface area contributed by atoms with Crippen LogP contribution in [0.2, 0.25) is 5.02 Å². The number of rotatable bonds is 6. The van der Waals surface area contributed by atoms with Crippen LogP contribution in [0.5, 0.6) is 11.5 Å². The van der Waals surface area contributed by atoms with Crippen molar-refractivity contribution in [1.29, 1.82) is 5.26 Å². The third-order valence-corrected chi connectivity index (χ3v) is 5.69. The molecular formula is C23H23ClN4O3. The van der Waals surface area contributed by atoms with Crippen LogP contribution in [0.4, 0.5) is 0 Å². The number of fused-ring (bicyclic) bond motifs is 1. The van der Waals surface area contributed by atoms with Crippen molar-refractivity contribution in [3.05, 3.63) is 70.4 Å². The van der Waals surface area contributed by atoms with Crippen molar-refractivity contribution in [2.45, 2.75) is 13.1 Å². The highest BCUT2D eigenvalue weighted by Gasteiger charge is 2.19. The number of piperazine rings is 1. The Morgan fingerprint density at radius 2 is 1.90 bits per heavy atom. The topological polar surface area (TPSA) is 77.8 Å². The number of amides is 1. The molecule has 4 rings (SSSR count). The van der Waals surface area contributed by atoms with Crippen LogP contribution in [-0.4, -0.2) is 48.7 Å². The Bertz CT molecular complexity index is 1030. The van der Waals surface area contributed by atoms with Gasteiger partial charge in [-0.25, -0.2) is 0 Å². The van der Waals surface area contributed by atoms with E-state index in [0.717, 1.165) is 49.8 Å². The maximum absolute atomic E-state index is 12.4. The number of benzene rings is 2. The first kappa shape index (κ1) is 21.0. The molecule has 0 aliphatic carbocycles. The lowest BCUT2D eigenvalue weighted by atomic mass is 10.1. The number of hydrogen-bond donors (Lipinski definition) is 1. The van der Waals surface area contributed by atoms with Crippen molar-refractivity contribution in [3.63, 3.8) is 0 Å². The third-order valence-electron chi connectivity index (χ3n) is 5.32. The van der Waals surface area contributed by atoms with Gasteiger partial charge in [-0.2, -0.15) is 5.26 Å². The lowest BCUT2D eigenvalue weighted by molar-refractivity contribution is -0.117. The molecule has 1 N–H and O–H groups in total. The van der Waals surface area contributed by atoms with Crippen LogP contribution in [-0.2, 0) is 17.9 Å². The summed E-state index contributed by atoms with van der Waals surface area (Å²) in [5.41, 5.74) is 2.08. The molecule has 0 bridgehead atoms. The van der Waals surface area contributed by atoms with E-state index in [1.165, 1.54) is 5.56 Å². The van der Waals surface area contributed by atoms with Gasteiger partial charge in [-0.1, -0.05) is 35.9 Å². The summed E-state index contributed by atoms with van der Waals surface area (Å²) in [6.45, 7) is 4.53. The van der Waals surface area contributed by atoms with Crippen molar-refractivity contribution in [2.75, 3.05) is 33.0 Å². The Morgan fingerprint density at radius 3 is 2.68 bits per heavy atom. The van der Waals surface area contributed by atoms with E-state index in [2.05, 4.69) is 16.3 Å². The van der Waals surface area contributed by atoms with Gasteiger partial charge >= 0.3 is 0 Å². The third kappa shape index (κ3) is 5.29. The molecule has 0 unspecified atom stereocenters. The summed E-state index contributed by atoms with van der Waals surface area (Å²) in [6.07, 6.45) is 1.65. The Labute approximate surface area is 186 Å². The van der Waals surface area contributed by atoms with E-state index in [1.54, 1.807) is 12.3 Å². The van der Waals surface area contributed by atoms with Gasteiger partial charge in [0.1, 0.15) is 11.6 Å². The maximum atomic E-state index is 12.4. The fourth-order valence-electron chi connectivity index (χ4n) is 3.58. The van der Waals surface area contributed by atoms with Crippen LogP contribution in [0.3, 0.4) is 0 Å². The van der Waals surface area contributed by atoms with E-state index in [1.807, 2.05) is 41.3 Å². The van der Waals surface area contributed by atoms with Gasteiger partial charge < -0.3 is 19.7 Å². The zero-order valence-corrected chi connectivity index (χ0v) is 17.8. The SMILES string of the molecule is N#C/C(=C/N1CCN(Cc2ccc3c(c2)OCO3)CC1)C(=O)NCc1ccccc1Cl. The molecule has 0 aromatic heterocycles. The first-order chi connectivity index (χ1) is 15.1. The summed E-state index contributed by atoms with van der Waals surface area (Å²) in [5.74, 6) is 1.18. The van der Waals surface area contributed by atoms with Crippen molar-refractivity contribution in [1.82, 2.24) is 15.1 Å². The van der Waals surface area contributed by atoms with Crippen LogP contribution in [0.25, 0.3) is 0 Å². The average molecular weight is 439 g/mol. The zero-order valence-electron chi connectivity index (χ0n) is 17.0. The van der Waals surface area contributed by atoms with E-state index in [9.17, 15) is 10.1 Å². The van der Waals surface area contributed by atoms with E-state index in [0.29, 0.717) is 5.02 Å². The van der Waals surface area contributed by atoms with Gasteiger partial charge in [0, 0.05) is 50.5 Å². The minimum atomic E-state index is -0.398. The van der Waals surface area contributed by atoms with E-state index in [4.69, 9.17) is 21.1 Å². The van der Waals surface area contributed by atoms with E-state index in [-0.39, 0.29) is 18.9 Å². The predicted molar refractivity (Wildman–Crippen MR) is 116 cm³/mol. The van der Waals surface area contributed by atoms with Crippen LogP contribution >= 0.6 is 11.6 Å². The summed E-state index contributed by atoms with van der Waals surface area (Å²) in [6, 6.07) is 15.3. The zero-order chi connectivity index (χ0) is 21.6. The highest BCUT2D eigenvalue weighted by Crippen LogP contribution is 2.32. The summed E-state index contributed by atoms with van der Waals surface area (Å²) in [5, 5.41) is 12.8. The second-order valence-electron chi connectivity index (χ2n) is 7.43. The molecule has 8 heteroatoms. The largest absolute Gasteiger partial charge is 0.454 e.